The molecule has 0 saturated carbocycles. The van der Waals surface area contributed by atoms with Gasteiger partial charge in [-0.15, -0.1) is 0 Å². The number of fused-ring (bicyclic) bond motifs is 5. The Morgan fingerprint density at radius 2 is 1.64 bits per heavy atom. The molecule has 2 saturated heterocycles. The van der Waals surface area contributed by atoms with Gasteiger partial charge in [0.2, 0.25) is 0 Å². The van der Waals surface area contributed by atoms with Crippen molar-refractivity contribution in [2.24, 2.45) is 4.99 Å². The molecule has 0 radical (unpaired) electrons. The van der Waals surface area contributed by atoms with Crippen molar-refractivity contribution >= 4 is 17.4 Å². The molecule has 2 unspecified atom stereocenters. The molecule has 36 heavy (non-hydrogen) atoms. The maximum Gasteiger partial charge on any atom is 0.410 e. The Labute approximate surface area is 214 Å². The van der Waals surface area contributed by atoms with E-state index in [1.807, 2.05) is 31.9 Å². The van der Waals surface area contributed by atoms with Gasteiger partial charge in [0.1, 0.15) is 5.60 Å². The number of likely N-dealkylation sites (tertiary alicyclic amines) is 1. The summed E-state index contributed by atoms with van der Waals surface area (Å²) < 4.78 is 5.65. The minimum absolute atomic E-state index is 0.0374. The summed E-state index contributed by atoms with van der Waals surface area (Å²) >= 11 is 0. The fraction of sp³-hybridized carbons (Fsp3) is 0.484. The summed E-state index contributed by atoms with van der Waals surface area (Å²) in [6, 6.07) is 14.8. The van der Waals surface area contributed by atoms with E-state index in [1.165, 1.54) is 40.7 Å². The lowest BCUT2D eigenvalue weighted by atomic mass is 9.83. The predicted octanol–water partition coefficient (Wildman–Crippen LogP) is 7.07. The third-order valence-electron chi connectivity index (χ3n) is 8.46. The fourth-order valence-electron chi connectivity index (χ4n) is 6.78. The Morgan fingerprint density at radius 1 is 0.944 bits per heavy atom. The minimum atomic E-state index is -0.487. The van der Waals surface area contributed by atoms with E-state index in [1.54, 1.807) is 11.1 Å². The highest BCUT2D eigenvalue weighted by atomic mass is 16.6. The molecule has 0 spiro atoms. The SMILES string of the molecule is Cc1ccc(-c2ccc(C3=CN=C([C@@H]4CCCN4C(=O)OC(C)(C)C)C3)cc2)c2c1C1CCC2N1C. The number of benzene rings is 2. The largest absolute Gasteiger partial charge is 0.444 e. The first-order valence-electron chi connectivity index (χ1n) is 13.4. The van der Waals surface area contributed by atoms with Gasteiger partial charge in [-0.05, 0) is 99.4 Å². The smallest absolute Gasteiger partial charge is 0.410 e. The number of hydrogen-bond acceptors (Lipinski definition) is 4. The molecule has 5 heteroatoms. The summed E-state index contributed by atoms with van der Waals surface area (Å²) in [6.07, 6.45) is 7.04. The average molecular weight is 484 g/mol. The van der Waals surface area contributed by atoms with Crippen molar-refractivity contribution in [1.29, 1.82) is 0 Å². The Kier molecular flexibility index (Phi) is 5.60. The van der Waals surface area contributed by atoms with E-state index in [4.69, 9.17) is 9.73 Å². The third-order valence-corrected chi connectivity index (χ3v) is 8.46. The van der Waals surface area contributed by atoms with Crippen molar-refractivity contribution in [2.75, 3.05) is 13.6 Å². The molecule has 0 aromatic heterocycles. The molecule has 2 fully saturated rings. The van der Waals surface area contributed by atoms with Crippen LogP contribution in [-0.2, 0) is 4.74 Å². The summed E-state index contributed by atoms with van der Waals surface area (Å²) in [5.41, 5.74) is 10.3. The Bertz CT molecular complexity index is 1270. The summed E-state index contributed by atoms with van der Waals surface area (Å²) in [7, 11) is 2.28. The van der Waals surface area contributed by atoms with Crippen LogP contribution in [0.25, 0.3) is 16.7 Å². The maximum absolute atomic E-state index is 12.7. The summed E-state index contributed by atoms with van der Waals surface area (Å²) in [5.74, 6) is 0. The zero-order chi connectivity index (χ0) is 25.2. The molecule has 0 aliphatic carbocycles. The van der Waals surface area contributed by atoms with Crippen molar-refractivity contribution < 1.29 is 9.53 Å². The van der Waals surface area contributed by atoms with E-state index in [2.05, 4.69) is 55.3 Å². The topological polar surface area (TPSA) is 45.1 Å². The highest BCUT2D eigenvalue weighted by Gasteiger charge is 2.43. The van der Waals surface area contributed by atoms with Crippen molar-refractivity contribution in [3.8, 4) is 11.1 Å². The molecular formula is C31H37N3O2. The summed E-state index contributed by atoms with van der Waals surface area (Å²) in [6.45, 7) is 8.75. The number of rotatable bonds is 3. The molecule has 4 aliphatic rings. The third kappa shape index (κ3) is 3.88. The second-order valence-corrected chi connectivity index (χ2v) is 11.9. The first-order chi connectivity index (χ1) is 17.2. The number of carbonyl (C=O) groups excluding carboxylic acids is 1. The van der Waals surface area contributed by atoms with Gasteiger partial charge in [0.05, 0.1) is 6.04 Å². The van der Waals surface area contributed by atoms with E-state index in [0.29, 0.717) is 12.1 Å². The summed E-state index contributed by atoms with van der Waals surface area (Å²) in [4.78, 5) is 22.0. The number of nitrogens with zero attached hydrogens (tertiary/aromatic N) is 3. The van der Waals surface area contributed by atoms with E-state index >= 15 is 0 Å². The zero-order valence-corrected chi connectivity index (χ0v) is 22.2. The van der Waals surface area contributed by atoms with Crippen LogP contribution in [0.4, 0.5) is 4.79 Å². The van der Waals surface area contributed by atoms with Gasteiger partial charge in [-0.2, -0.15) is 0 Å². The number of ether oxygens (including phenoxy) is 1. The van der Waals surface area contributed by atoms with Crippen LogP contribution in [-0.4, -0.2) is 46.8 Å². The van der Waals surface area contributed by atoms with Gasteiger partial charge in [-0.25, -0.2) is 4.79 Å². The molecule has 1 amide bonds. The van der Waals surface area contributed by atoms with Crippen LogP contribution < -0.4 is 0 Å². The number of amides is 1. The molecule has 3 atom stereocenters. The number of aryl methyl sites for hydroxylation is 1. The highest BCUT2D eigenvalue weighted by molar-refractivity contribution is 6.03. The molecule has 4 heterocycles. The second kappa shape index (κ2) is 8.58. The van der Waals surface area contributed by atoms with Gasteiger partial charge in [-0.1, -0.05) is 36.4 Å². The number of carbonyl (C=O) groups is 1. The van der Waals surface area contributed by atoms with Gasteiger partial charge < -0.3 is 4.74 Å². The molecular weight excluding hydrogens is 446 g/mol. The first kappa shape index (κ1) is 23.5. The molecule has 4 aliphatic heterocycles. The highest BCUT2D eigenvalue weighted by Crippen LogP contribution is 2.55. The van der Waals surface area contributed by atoms with E-state index < -0.39 is 5.60 Å². The van der Waals surface area contributed by atoms with Gasteiger partial charge >= 0.3 is 6.09 Å². The molecule has 6 rings (SSSR count). The van der Waals surface area contributed by atoms with Crippen LogP contribution in [0.15, 0.2) is 47.6 Å². The first-order valence-corrected chi connectivity index (χ1v) is 13.4. The van der Waals surface area contributed by atoms with E-state index in [-0.39, 0.29) is 12.1 Å². The van der Waals surface area contributed by atoms with E-state index in [9.17, 15) is 4.79 Å². The van der Waals surface area contributed by atoms with Gasteiger partial charge in [-0.3, -0.25) is 14.8 Å². The predicted molar refractivity (Wildman–Crippen MR) is 145 cm³/mol. The minimum Gasteiger partial charge on any atom is -0.444 e. The van der Waals surface area contributed by atoms with Crippen LogP contribution in [0.2, 0.25) is 0 Å². The van der Waals surface area contributed by atoms with Crippen LogP contribution in [0.5, 0.6) is 0 Å². The van der Waals surface area contributed by atoms with Crippen molar-refractivity contribution in [3.05, 3.63) is 64.9 Å². The van der Waals surface area contributed by atoms with Crippen LogP contribution in [0.1, 0.15) is 87.2 Å². The summed E-state index contributed by atoms with van der Waals surface area (Å²) in [5, 5.41) is 0. The molecule has 0 N–H and O–H groups in total. The zero-order valence-electron chi connectivity index (χ0n) is 22.2. The van der Waals surface area contributed by atoms with Crippen LogP contribution in [0, 0.1) is 6.92 Å². The Morgan fingerprint density at radius 3 is 2.36 bits per heavy atom. The molecule has 2 aromatic rings. The maximum atomic E-state index is 12.7. The quantitative estimate of drug-likeness (QED) is 0.469. The van der Waals surface area contributed by atoms with Gasteiger partial charge in [0.15, 0.2) is 0 Å². The second-order valence-electron chi connectivity index (χ2n) is 11.9. The number of aliphatic imine (C=N–C) groups is 1. The monoisotopic (exact) mass is 483 g/mol. The molecule has 2 aromatic carbocycles. The molecule has 5 nitrogen and oxygen atoms in total. The Hall–Kier alpha value is -2.92. The normalized spacial score (nSPS) is 25.2. The van der Waals surface area contributed by atoms with Gasteiger partial charge in [0.25, 0.3) is 0 Å². The lowest BCUT2D eigenvalue weighted by molar-refractivity contribution is 0.0265. The lowest BCUT2D eigenvalue weighted by Crippen LogP contribution is -2.43. The molecule has 188 valence electrons. The fourth-order valence-corrected chi connectivity index (χ4v) is 6.78. The Balaban J connectivity index is 1.18. The van der Waals surface area contributed by atoms with Crippen molar-refractivity contribution in [3.63, 3.8) is 0 Å². The van der Waals surface area contributed by atoms with Gasteiger partial charge in [0, 0.05) is 37.0 Å². The van der Waals surface area contributed by atoms with Crippen molar-refractivity contribution in [1.82, 2.24) is 9.80 Å². The van der Waals surface area contributed by atoms with Crippen LogP contribution >= 0.6 is 0 Å². The van der Waals surface area contributed by atoms with Crippen molar-refractivity contribution in [2.45, 2.75) is 83.5 Å². The van der Waals surface area contributed by atoms with Crippen LogP contribution in [0.3, 0.4) is 0 Å². The van der Waals surface area contributed by atoms with E-state index in [0.717, 1.165) is 31.5 Å². The lowest BCUT2D eigenvalue weighted by Gasteiger charge is -2.28. The average Bonchev–Trinajstić information content (AvgIpc) is 3.62. The number of allylic oxidation sites excluding steroid dienone is 1. The standard InChI is InChI=1S/C31H37N3O2/c1-19-8-13-23(29-27-15-14-26(28(19)29)33(27)5)21-11-9-20(10-12-21)22-17-24(32-18-22)25-7-6-16-34(25)30(35)36-31(2,3)4/h8-13,18,25-27H,6-7,14-17H2,1-5H3/t25-,26?,27?/m0/s1. The molecule has 2 bridgehead atoms. The number of hydrogen-bond donors (Lipinski definition) is 0.